The van der Waals surface area contributed by atoms with Gasteiger partial charge in [-0.15, -0.1) is 0 Å². The van der Waals surface area contributed by atoms with E-state index in [1.165, 1.54) is 0 Å². The Morgan fingerprint density at radius 2 is 1.31 bits per heavy atom. The SMILES string of the molecule is CC(C)C(C)(C)[Si]Oc1ccc2ccccc2c1-c1c(O)ccc2ccccc12. The Hall–Kier alpha value is -2.78. The van der Waals surface area contributed by atoms with Gasteiger partial charge in [0.25, 0.3) is 0 Å². The molecule has 3 heteroatoms. The van der Waals surface area contributed by atoms with Crippen LogP contribution in [0.1, 0.15) is 27.7 Å². The molecular weight excluding hydrogens is 372 g/mol. The maximum atomic E-state index is 10.9. The fourth-order valence-electron chi connectivity index (χ4n) is 3.42. The molecule has 0 heterocycles. The van der Waals surface area contributed by atoms with Crippen LogP contribution in [0.5, 0.6) is 11.5 Å². The minimum atomic E-state index is 0.0731. The highest BCUT2D eigenvalue weighted by molar-refractivity contribution is 6.33. The van der Waals surface area contributed by atoms with Gasteiger partial charge in [0, 0.05) is 11.1 Å². The summed E-state index contributed by atoms with van der Waals surface area (Å²) in [5.41, 5.74) is 1.80. The van der Waals surface area contributed by atoms with E-state index in [9.17, 15) is 5.11 Å². The molecule has 29 heavy (non-hydrogen) atoms. The van der Waals surface area contributed by atoms with Gasteiger partial charge in [-0.1, -0.05) is 88.4 Å². The van der Waals surface area contributed by atoms with Crippen LogP contribution in [0.3, 0.4) is 0 Å². The number of phenolic OH excluding ortho intramolecular Hbond substituents is 1. The molecule has 2 nitrogen and oxygen atoms in total. The van der Waals surface area contributed by atoms with E-state index < -0.39 is 0 Å². The molecule has 0 atom stereocenters. The normalized spacial score (nSPS) is 12.0. The third-order valence-electron chi connectivity index (χ3n) is 5.92. The van der Waals surface area contributed by atoms with Crippen LogP contribution in [0.15, 0.2) is 72.8 Å². The molecule has 0 bridgehead atoms. The molecule has 4 rings (SSSR count). The summed E-state index contributed by atoms with van der Waals surface area (Å²) < 4.78 is 6.45. The van der Waals surface area contributed by atoms with Gasteiger partial charge in [-0.05, 0) is 44.6 Å². The van der Waals surface area contributed by atoms with Gasteiger partial charge in [-0.3, -0.25) is 0 Å². The zero-order valence-corrected chi connectivity index (χ0v) is 18.4. The molecule has 146 valence electrons. The summed E-state index contributed by atoms with van der Waals surface area (Å²) in [7, 11) is 0.321. The second kappa shape index (κ2) is 7.56. The predicted octanol–water partition coefficient (Wildman–Crippen LogP) is 7.22. The fraction of sp³-hybridized carbons (Fsp3) is 0.231. The van der Waals surface area contributed by atoms with Crippen LogP contribution in [-0.2, 0) is 0 Å². The summed E-state index contributed by atoms with van der Waals surface area (Å²) in [5.74, 6) is 1.61. The van der Waals surface area contributed by atoms with E-state index in [1.54, 1.807) is 6.07 Å². The minimum Gasteiger partial charge on any atom is -0.540 e. The van der Waals surface area contributed by atoms with Crippen LogP contribution in [0, 0.1) is 5.92 Å². The summed E-state index contributed by atoms with van der Waals surface area (Å²) in [4.78, 5) is 0. The lowest BCUT2D eigenvalue weighted by Crippen LogP contribution is -2.24. The van der Waals surface area contributed by atoms with Gasteiger partial charge in [0.1, 0.15) is 11.5 Å². The van der Waals surface area contributed by atoms with Gasteiger partial charge < -0.3 is 9.53 Å². The van der Waals surface area contributed by atoms with Crippen molar-refractivity contribution in [3.8, 4) is 22.6 Å². The molecule has 1 N–H and O–H groups in total. The Balaban J connectivity index is 1.97. The van der Waals surface area contributed by atoms with E-state index in [-0.39, 0.29) is 10.8 Å². The first-order chi connectivity index (χ1) is 13.9. The average molecular weight is 399 g/mol. The zero-order valence-electron chi connectivity index (χ0n) is 17.4. The topological polar surface area (TPSA) is 29.5 Å². The van der Waals surface area contributed by atoms with Crippen molar-refractivity contribution < 1.29 is 9.53 Å². The van der Waals surface area contributed by atoms with Crippen molar-refractivity contribution >= 4 is 31.3 Å². The molecule has 2 radical (unpaired) electrons. The van der Waals surface area contributed by atoms with Crippen LogP contribution in [-0.4, -0.2) is 14.9 Å². The monoisotopic (exact) mass is 398 g/mol. The van der Waals surface area contributed by atoms with Gasteiger partial charge in [-0.2, -0.15) is 0 Å². The number of aromatic hydroxyl groups is 1. The van der Waals surface area contributed by atoms with Crippen LogP contribution in [0.25, 0.3) is 32.7 Å². The van der Waals surface area contributed by atoms with Crippen molar-refractivity contribution in [1.82, 2.24) is 0 Å². The third kappa shape index (κ3) is 3.63. The van der Waals surface area contributed by atoms with E-state index in [1.807, 2.05) is 36.4 Å². The Labute approximate surface area is 175 Å². The van der Waals surface area contributed by atoms with Crippen molar-refractivity contribution in [1.29, 1.82) is 0 Å². The van der Waals surface area contributed by atoms with Gasteiger partial charge in [-0.25, -0.2) is 0 Å². The van der Waals surface area contributed by atoms with E-state index in [0.717, 1.165) is 38.4 Å². The first-order valence-electron chi connectivity index (χ1n) is 10.1. The smallest absolute Gasteiger partial charge is 0.317 e. The van der Waals surface area contributed by atoms with Gasteiger partial charge >= 0.3 is 9.76 Å². The molecule has 0 spiro atoms. The average Bonchev–Trinajstić information content (AvgIpc) is 2.72. The number of rotatable bonds is 5. The number of phenols is 1. The van der Waals surface area contributed by atoms with Crippen LogP contribution < -0.4 is 4.43 Å². The second-order valence-corrected chi connectivity index (χ2v) is 10.1. The first-order valence-corrected chi connectivity index (χ1v) is 11.0. The summed E-state index contributed by atoms with van der Waals surface area (Å²) >= 11 is 0. The highest BCUT2D eigenvalue weighted by atomic mass is 28.2. The van der Waals surface area contributed by atoms with Crippen molar-refractivity contribution in [3.63, 3.8) is 0 Å². The van der Waals surface area contributed by atoms with E-state index >= 15 is 0 Å². The lowest BCUT2D eigenvalue weighted by atomic mass is 9.92. The Morgan fingerprint density at radius 1 is 0.759 bits per heavy atom. The molecule has 0 aliphatic rings. The number of fused-ring (bicyclic) bond motifs is 2. The van der Waals surface area contributed by atoms with E-state index in [0.29, 0.717) is 15.7 Å². The Kier molecular flexibility index (Phi) is 5.09. The zero-order chi connectivity index (χ0) is 20.6. The fourth-order valence-corrected chi connectivity index (χ4v) is 4.20. The van der Waals surface area contributed by atoms with Crippen molar-refractivity contribution in [2.45, 2.75) is 32.7 Å². The maximum absolute atomic E-state index is 10.9. The third-order valence-corrected chi connectivity index (χ3v) is 7.34. The summed E-state index contributed by atoms with van der Waals surface area (Å²) in [6, 6.07) is 24.4. The molecule has 0 aliphatic carbocycles. The standard InChI is InChI=1S/C26H26O2Si/c1-17(2)26(3,4)29-28-23-16-14-19-10-6-8-12-21(19)25(23)24-20-11-7-5-9-18(20)13-15-22(24)27/h5-17,27H,1-4H3. The molecule has 4 aromatic carbocycles. The van der Waals surface area contributed by atoms with Crippen LogP contribution in [0.2, 0.25) is 5.04 Å². The number of benzene rings is 4. The van der Waals surface area contributed by atoms with Crippen molar-refractivity contribution in [2.75, 3.05) is 0 Å². The number of hydrogen-bond donors (Lipinski definition) is 1. The summed E-state index contributed by atoms with van der Waals surface area (Å²) in [5, 5.41) is 15.3. The van der Waals surface area contributed by atoms with E-state index in [2.05, 4.69) is 58.0 Å². The molecule has 0 saturated heterocycles. The molecule has 0 saturated carbocycles. The largest absolute Gasteiger partial charge is 0.540 e. The maximum Gasteiger partial charge on any atom is 0.317 e. The molecule has 0 aliphatic heterocycles. The van der Waals surface area contributed by atoms with Gasteiger partial charge in [0.15, 0.2) is 0 Å². The highest BCUT2D eigenvalue weighted by Gasteiger charge is 2.27. The van der Waals surface area contributed by atoms with Crippen LogP contribution >= 0.6 is 0 Å². The minimum absolute atomic E-state index is 0.0731. The molecular formula is C26H26O2Si. The van der Waals surface area contributed by atoms with Crippen molar-refractivity contribution in [2.24, 2.45) is 5.92 Å². The summed E-state index contributed by atoms with van der Waals surface area (Å²) in [6.45, 7) is 8.95. The Bertz CT molecular complexity index is 1180. The summed E-state index contributed by atoms with van der Waals surface area (Å²) in [6.07, 6.45) is 0. The van der Waals surface area contributed by atoms with E-state index in [4.69, 9.17) is 4.43 Å². The molecule has 0 aromatic heterocycles. The quantitative estimate of drug-likeness (QED) is 0.360. The second-order valence-electron chi connectivity index (χ2n) is 8.42. The molecule has 0 fully saturated rings. The predicted molar refractivity (Wildman–Crippen MR) is 124 cm³/mol. The van der Waals surface area contributed by atoms with Gasteiger partial charge in [0.2, 0.25) is 0 Å². The van der Waals surface area contributed by atoms with Crippen molar-refractivity contribution in [3.05, 3.63) is 72.8 Å². The Morgan fingerprint density at radius 3 is 1.93 bits per heavy atom. The number of hydrogen-bond acceptors (Lipinski definition) is 2. The van der Waals surface area contributed by atoms with Gasteiger partial charge in [0.05, 0.1) is 0 Å². The lowest BCUT2D eigenvalue weighted by molar-refractivity contribution is 0.428. The highest BCUT2D eigenvalue weighted by Crippen LogP contribution is 2.45. The molecule has 0 unspecified atom stereocenters. The van der Waals surface area contributed by atoms with Crippen LogP contribution in [0.4, 0.5) is 0 Å². The molecule has 0 amide bonds. The first kappa shape index (κ1) is 19.5. The lowest BCUT2D eigenvalue weighted by Gasteiger charge is -2.28. The molecule has 4 aromatic rings.